The molecule has 2 aliphatic rings. The number of hydrogen-bond donors (Lipinski definition) is 1. The van der Waals surface area contributed by atoms with Crippen molar-refractivity contribution in [3.05, 3.63) is 40.5 Å². The Morgan fingerprint density at radius 2 is 1.91 bits per heavy atom. The average molecular weight is 329 g/mol. The third-order valence-electron chi connectivity index (χ3n) is 5.23. The average Bonchev–Trinajstić information content (AvgIpc) is 3.20. The second-order valence-corrected chi connectivity index (χ2v) is 7.93. The zero-order valence-corrected chi connectivity index (χ0v) is 14.5. The second-order valence-electron chi connectivity index (χ2n) is 6.73. The van der Waals surface area contributed by atoms with Crippen molar-refractivity contribution in [1.29, 1.82) is 0 Å². The maximum absolute atomic E-state index is 13.3. The summed E-state index contributed by atoms with van der Waals surface area (Å²) in [5.74, 6) is 0.199. The molecule has 23 heavy (non-hydrogen) atoms. The normalized spacial score (nSPS) is 24.0. The number of nitrogens with zero attached hydrogens (tertiary/aromatic N) is 2. The molecule has 1 N–H and O–H groups in total. The molecular formula is C18H23N3OS. The monoisotopic (exact) mass is 329 g/mol. The van der Waals surface area contributed by atoms with Gasteiger partial charge in [0.15, 0.2) is 0 Å². The summed E-state index contributed by atoms with van der Waals surface area (Å²) in [6, 6.07) is 5.09. The molecule has 2 atom stereocenters. The number of hydrogen-bond acceptors (Lipinski definition) is 3. The van der Waals surface area contributed by atoms with Crippen LogP contribution in [0, 0.1) is 13.8 Å². The van der Waals surface area contributed by atoms with E-state index in [1.54, 1.807) is 11.3 Å². The van der Waals surface area contributed by atoms with Crippen LogP contribution in [0.3, 0.4) is 0 Å². The van der Waals surface area contributed by atoms with Gasteiger partial charge in [0.05, 0.1) is 5.56 Å². The second kappa shape index (κ2) is 5.80. The molecular weight excluding hydrogens is 306 g/mol. The number of fused-ring (bicyclic) bond motifs is 2. The summed E-state index contributed by atoms with van der Waals surface area (Å²) in [6.45, 7) is 5.89. The third-order valence-corrected chi connectivity index (χ3v) is 6.45. The molecule has 4 heterocycles. The van der Waals surface area contributed by atoms with E-state index in [2.05, 4.69) is 28.6 Å². The molecule has 0 saturated carbocycles. The van der Waals surface area contributed by atoms with Crippen molar-refractivity contribution >= 4 is 17.2 Å². The van der Waals surface area contributed by atoms with Gasteiger partial charge in [0, 0.05) is 42.4 Å². The van der Waals surface area contributed by atoms with Crippen molar-refractivity contribution in [2.45, 2.75) is 45.2 Å². The van der Waals surface area contributed by atoms with Crippen LogP contribution >= 0.6 is 11.3 Å². The van der Waals surface area contributed by atoms with Gasteiger partial charge in [0.2, 0.25) is 0 Å². The first-order valence-corrected chi connectivity index (χ1v) is 9.24. The van der Waals surface area contributed by atoms with Gasteiger partial charge in [-0.2, -0.15) is 0 Å². The fourth-order valence-corrected chi connectivity index (χ4v) is 4.91. The van der Waals surface area contributed by atoms with Crippen LogP contribution in [0.1, 0.15) is 40.1 Å². The van der Waals surface area contributed by atoms with E-state index in [9.17, 15) is 4.79 Å². The standard InChI is InChI=1S/C18H23N3OS/c1-12-13(2)23-18(20-8-3-4-9-20)16(12)17(22)21-10-7-14-5-6-15(11-21)19-14/h3-4,8-9,14-15,19H,5-7,10-11H2,1-2H3/t14-,15+/m1/s1. The lowest BCUT2D eigenvalue weighted by Crippen LogP contribution is -2.39. The molecule has 0 aromatic carbocycles. The summed E-state index contributed by atoms with van der Waals surface area (Å²) in [4.78, 5) is 16.6. The molecule has 0 spiro atoms. The topological polar surface area (TPSA) is 37.3 Å². The molecule has 2 aromatic heterocycles. The van der Waals surface area contributed by atoms with Gasteiger partial charge in [-0.3, -0.25) is 4.79 Å². The highest BCUT2D eigenvalue weighted by Gasteiger charge is 2.33. The molecule has 2 aliphatic heterocycles. The lowest BCUT2D eigenvalue weighted by molar-refractivity contribution is 0.0748. The number of carbonyl (C=O) groups is 1. The lowest BCUT2D eigenvalue weighted by Gasteiger charge is -2.25. The summed E-state index contributed by atoms with van der Waals surface area (Å²) in [6.07, 6.45) is 7.57. The van der Waals surface area contributed by atoms with Crippen molar-refractivity contribution in [3.8, 4) is 5.00 Å². The van der Waals surface area contributed by atoms with Crippen LogP contribution in [0.15, 0.2) is 24.5 Å². The predicted octanol–water partition coefficient (Wildman–Crippen LogP) is 3.12. The van der Waals surface area contributed by atoms with E-state index < -0.39 is 0 Å². The first kappa shape index (κ1) is 15.0. The fourth-order valence-electron chi connectivity index (χ4n) is 3.80. The van der Waals surface area contributed by atoms with Gasteiger partial charge in [-0.1, -0.05) is 0 Å². The highest BCUT2D eigenvalue weighted by molar-refractivity contribution is 7.15. The maximum atomic E-state index is 13.3. The molecule has 1 amide bonds. The van der Waals surface area contributed by atoms with Crippen molar-refractivity contribution < 1.29 is 4.79 Å². The minimum atomic E-state index is 0.199. The molecule has 0 radical (unpaired) electrons. The Morgan fingerprint density at radius 3 is 2.70 bits per heavy atom. The Bertz CT molecular complexity index is 719. The predicted molar refractivity (Wildman–Crippen MR) is 93.6 cm³/mol. The van der Waals surface area contributed by atoms with Gasteiger partial charge in [0.1, 0.15) is 5.00 Å². The molecule has 2 fully saturated rings. The number of nitrogens with one attached hydrogen (secondary N) is 1. The van der Waals surface area contributed by atoms with Crippen LogP contribution in [0.2, 0.25) is 0 Å². The quantitative estimate of drug-likeness (QED) is 0.919. The smallest absolute Gasteiger partial charge is 0.257 e. The molecule has 2 aromatic rings. The Balaban J connectivity index is 1.68. The maximum Gasteiger partial charge on any atom is 0.257 e. The van der Waals surface area contributed by atoms with E-state index in [0.29, 0.717) is 12.1 Å². The number of aromatic nitrogens is 1. The minimum absolute atomic E-state index is 0.199. The van der Waals surface area contributed by atoms with Crippen LogP contribution in [-0.4, -0.2) is 40.5 Å². The minimum Gasteiger partial charge on any atom is -0.337 e. The molecule has 5 heteroatoms. The fraction of sp³-hybridized carbons (Fsp3) is 0.500. The number of likely N-dealkylation sites (tertiary alicyclic amines) is 1. The Kier molecular flexibility index (Phi) is 3.77. The van der Waals surface area contributed by atoms with Gasteiger partial charge in [-0.15, -0.1) is 11.3 Å². The number of rotatable bonds is 2. The molecule has 0 aliphatic carbocycles. The Morgan fingerprint density at radius 1 is 1.17 bits per heavy atom. The molecule has 122 valence electrons. The SMILES string of the molecule is Cc1sc(-n2cccc2)c(C(=O)N2CC[C@H]3CC[C@@H](C2)N3)c1C. The van der Waals surface area contributed by atoms with Gasteiger partial charge in [-0.05, 0) is 50.8 Å². The Labute approximate surface area is 141 Å². The van der Waals surface area contributed by atoms with E-state index in [1.165, 1.54) is 17.7 Å². The van der Waals surface area contributed by atoms with Gasteiger partial charge >= 0.3 is 0 Å². The summed E-state index contributed by atoms with van der Waals surface area (Å²) in [5.41, 5.74) is 2.02. The van der Waals surface area contributed by atoms with Crippen molar-refractivity contribution in [2.24, 2.45) is 0 Å². The number of aryl methyl sites for hydroxylation is 1. The lowest BCUT2D eigenvalue weighted by atomic mass is 10.1. The third kappa shape index (κ3) is 2.62. The number of thiophene rings is 1. The first-order valence-electron chi connectivity index (χ1n) is 8.42. The molecule has 0 unspecified atom stereocenters. The molecule has 2 bridgehead atoms. The van der Waals surface area contributed by atoms with Gasteiger partial charge in [0.25, 0.3) is 5.91 Å². The van der Waals surface area contributed by atoms with Crippen LogP contribution in [0.5, 0.6) is 0 Å². The van der Waals surface area contributed by atoms with E-state index >= 15 is 0 Å². The summed E-state index contributed by atoms with van der Waals surface area (Å²) >= 11 is 1.71. The first-order chi connectivity index (χ1) is 11.1. The van der Waals surface area contributed by atoms with Crippen molar-refractivity contribution in [2.75, 3.05) is 13.1 Å². The highest BCUT2D eigenvalue weighted by atomic mass is 32.1. The van der Waals surface area contributed by atoms with Gasteiger partial charge < -0.3 is 14.8 Å². The molecule has 4 rings (SSSR count). The van der Waals surface area contributed by atoms with Crippen LogP contribution < -0.4 is 5.32 Å². The molecule has 2 saturated heterocycles. The Hall–Kier alpha value is -1.59. The summed E-state index contributed by atoms with van der Waals surface area (Å²) < 4.78 is 2.07. The van der Waals surface area contributed by atoms with E-state index in [1.807, 2.05) is 24.5 Å². The van der Waals surface area contributed by atoms with Crippen LogP contribution in [-0.2, 0) is 0 Å². The zero-order valence-electron chi connectivity index (χ0n) is 13.7. The zero-order chi connectivity index (χ0) is 16.0. The summed E-state index contributed by atoms with van der Waals surface area (Å²) in [7, 11) is 0. The largest absolute Gasteiger partial charge is 0.337 e. The number of carbonyl (C=O) groups excluding carboxylic acids is 1. The molecule has 4 nitrogen and oxygen atoms in total. The number of amides is 1. The van der Waals surface area contributed by atoms with Crippen molar-refractivity contribution in [1.82, 2.24) is 14.8 Å². The highest BCUT2D eigenvalue weighted by Crippen LogP contribution is 2.33. The van der Waals surface area contributed by atoms with Crippen molar-refractivity contribution in [3.63, 3.8) is 0 Å². The summed E-state index contributed by atoms with van der Waals surface area (Å²) in [5, 5.41) is 4.71. The van der Waals surface area contributed by atoms with E-state index in [4.69, 9.17) is 0 Å². The van der Waals surface area contributed by atoms with E-state index in [0.717, 1.165) is 35.6 Å². The van der Waals surface area contributed by atoms with E-state index in [-0.39, 0.29) is 5.91 Å². The van der Waals surface area contributed by atoms with Crippen LogP contribution in [0.25, 0.3) is 5.00 Å². The van der Waals surface area contributed by atoms with Crippen LogP contribution in [0.4, 0.5) is 0 Å². The van der Waals surface area contributed by atoms with Gasteiger partial charge in [-0.25, -0.2) is 0 Å².